The molecule has 1 aliphatic heterocycles. The third kappa shape index (κ3) is 4.19. The van der Waals surface area contributed by atoms with Gasteiger partial charge in [-0.15, -0.1) is 0 Å². The third-order valence-corrected chi connectivity index (χ3v) is 3.47. The Morgan fingerprint density at radius 2 is 2.15 bits per heavy atom. The van der Waals surface area contributed by atoms with Gasteiger partial charge in [-0.3, -0.25) is 15.1 Å². The number of hydrogen-bond acceptors (Lipinski definition) is 5. The topological polar surface area (TPSA) is 93.6 Å². The minimum absolute atomic E-state index is 0.290. The lowest BCUT2D eigenvalue weighted by Gasteiger charge is -2.30. The highest BCUT2D eigenvalue weighted by molar-refractivity contribution is 5.93. The number of amides is 1. The molecule has 1 unspecified atom stereocenters. The Morgan fingerprint density at radius 3 is 2.80 bits per heavy atom. The molecule has 2 rings (SSSR count). The maximum atomic E-state index is 11.3. The average Bonchev–Trinajstić information content (AvgIpc) is 2.47. The van der Waals surface area contributed by atoms with Gasteiger partial charge < -0.3 is 10.5 Å². The van der Waals surface area contributed by atoms with Gasteiger partial charge in [0.1, 0.15) is 12.4 Å². The zero-order valence-electron chi connectivity index (χ0n) is 11.5. The Kier molecular flexibility index (Phi) is 5.34. The number of rotatable bonds is 5. The normalized spacial score (nSPS) is 19.6. The van der Waals surface area contributed by atoms with Gasteiger partial charge in [0.05, 0.1) is 0 Å². The molecule has 6 nitrogen and oxygen atoms in total. The summed E-state index contributed by atoms with van der Waals surface area (Å²) in [5.74, 6) is 5.51. The maximum absolute atomic E-state index is 11.3. The molecule has 1 aromatic carbocycles. The van der Waals surface area contributed by atoms with E-state index in [1.807, 2.05) is 0 Å². The second-order valence-electron chi connectivity index (χ2n) is 5.05. The molecule has 1 saturated heterocycles. The number of carbonyl (C=O) groups excluding carboxylic acids is 1. The molecule has 5 N–H and O–H groups in total. The van der Waals surface area contributed by atoms with Crippen LogP contribution in [0.5, 0.6) is 5.75 Å². The van der Waals surface area contributed by atoms with Gasteiger partial charge >= 0.3 is 0 Å². The molecule has 6 heteroatoms. The molecular formula is C14H22N4O2. The molecule has 0 bridgehead atoms. The van der Waals surface area contributed by atoms with Crippen LogP contribution < -0.4 is 21.7 Å². The molecule has 1 heterocycles. The number of nitrogens with two attached hydrogens (primary N) is 2. The molecule has 0 saturated carbocycles. The van der Waals surface area contributed by atoms with Crippen molar-refractivity contribution in [3.8, 4) is 5.75 Å². The molecule has 0 spiro atoms. The van der Waals surface area contributed by atoms with E-state index in [2.05, 4.69) is 10.3 Å². The quantitative estimate of drug-likeness (QED) is 0.403. The third-order valence-electron chi connectivity index (χ3n) is 3.47. The highest BCUT2D eigenvalue weighted by atomic mass is 16.5. The summed E-state index contributed by atoms with van der Waals surface area (Å²) in [6.45, 7) is 3.53. The molecule has 1 atom stereocenters. The van der Waals surface area contributed by atoms with Crippen molar-refractivity contribution >= 4 is 5.91 Å². The number of nitrogen functional groups attached to an aromatic ring is 1. The lowest BCUT2D eigenvalue weighted by Crippen LogP contribution is -2.44. The minimum atomic E-state index is -0.307. The van der Waals surface area contributed by atoms with E-state index in [9.17, 15) is 4.79 Å². The number of carbonyl (C=O) groups is 1. The number of ether oxygens (including phenoxy) is 1. The fraction of sp³-hybridized carbons (Fsp3) is 0.500. The van der Waals surface area contributed by atoms with Crippen LogP contribution in [-0.4, -0.2) is 43.1 Å². The van der Waals surface area contributed by atoms with Gasteiger partial charge in [0, 0.05) is 24.7 Å². The van der Waals surface area contributed by atoms with Crippen LogP contribution in [0.1, 0.15) is 23.2 Å². The molecule has 1 fully saturated rings. The Bertz CT molecular complexity index is 435. The van der Waals surface area contributed by atoms with Crippen LogP contribution in [0.15, 0.2) is 24.3 Å². The van der Waals surface area contributed by atoms with E-state index < -0.39 is 0 Å². The van der Waals surface area contributed by atoms with E-state index in [4.69, 9.17) is 16.3 Å². The highest BCUT2D eigenvalue weighted by Gasteiger charge is 2.15. The van der Waals surface area contributed by atoms with Crippen molar-refractivity contribution < 1.29 is 9.53 Å². The lowest BCUT2D eigenvalue weighted by atomic mass is 10.1. The second kappa shape index (κ2) is 7.23. The first-order chi connectivity index (χ1) is 9.69. The summed E-state index contributed by atoms with van der Waals surface area (Å²) in [7, 11) is 0. The second-order valence-corrected chi connectivity index (χ2v) is 5.05. The number of nitrogens with one attached hydrogen (secondary N) is 1. The first kappa shape index (κ1) is 14.8. The predicted octanol–water partition coefficient (Wildman–Crippen LogP) is 0.0920. The maximum Gasteiger partial charge on any atom is 0.265 e. The number of hydrazine groups is 1. The van der Waals surface area contributed by atoms with Crippen LogP contribution in [0, 0.1) is 0 Å². The number of benzene rings is 1. The van der Waals surface area contributed by atoms with Gasteiger partial charge in [-0.2, -0.15) is 0 Å². The Labute approximate surface area is 119 Å². The summed E-state index contributed by atoms with van der Waals surface area (Å²) < 4.78 is 5.67. The van der Waals surface area contributed by atoms with Crippen LogP contribution in [0.25, 0.3) is 0 Å². The monoisotopic (exact) mass is 278 g/mol. The SMILES string of the molecule is NNC(=O)c1ccc(OCCN2CCCC(N)C2)cc1. The van der Waals surface area contributed by atoms with Crippen LogP contribution in [0.2, 0.25) is 0 Å². The van der Waals surface area contributed by atoms with E-state index >= 15 is 0 Å². The van der Waals surface area contributed by atoms with Gasteiger partial charge in [-0.05, 0) is 43.7 Å². The molecule has 1 amide bonds. The van der Waals surface area contributed by atoms with Crippen LogP contribution in [-0.2, 0) is 0 Å². The molecular weight excluding hydrogens is 256 g/mol. The van der Waals surface area contributed by atoms with Gasteiger partial charge in [0.15, 0.2) is 0 Å². The summed E-state index contributed by atoms with van der Waals surface area (Å²) in [6, 6.07) is 7.21. The van der Waals surface area contributed by atoms with E-state index in [0.29, 0.717) is 12.2 Å². The molecule has 110 valence electrons. The highest BCUT2D eigenvalue weighted by Crippen LogP contribution is 2.13. The van der Waals surface area contributed by atoms with Gasteiger partial charge in [0.2, 0.25) is 0 Å². The summed E-state index contributed by atoms with van der Waals surface area (Å²) in [6.07, 6.45) is 2.27. The number of hydrogen-bond donors (Lipinski definition) is 3. The summed E-state index contributed by atoms with van der Waals surface area (Å²) >= 11 is 0. The smallest absolute Gasteiger partial charge is 0.265 e. The van der Waals surface area contributed by atoms with Gasteiger partial charge in [-0.1, -0.05) is 0 Å². The van der Waals surface area contributed by atoms with Crippen molar-refractivity contribution in [1.82, 2.24) is 10.3 Å². The van der Waals surface area contributed by atoms with Crippen LogP contribution in [0.3, 0.4) is 0 Å². The van der Waals surface area contributed by atoms with Crippen LogP contribution in [0.4, 0.5) is 0 Å². The Balaban J connectivity index is 1.75. The minimum Gasteiger partial charge on any atom is -0.492 e. The van der Waals surface area contributed by atoms with Gasteiger partial charge in [-0.25, -0.2) is 5.84 Å². The Morgan fingerprint density at radius 1 is 1.40 bits per heavy atom. The molecule has 0 aliphatic carbocycles. The Hall–Kier alpha value is -1.63. The van der Waals surface area contributed by atoms with Crippen molar-refractivity contribution in [2.45, 2.75) is 18.9 Å². The fourth-order valence-corrected chi connectivity index (χ4v) is 2.37. The molecule has 20 heavy (non-hydrogen) atoms. The summed E-state index contributed by atoms with van der Waals surface area (Å²) in [4.78, 5) is 13.6. The zero-order chi connectivity index (χ0) is 14.4. The van der Waals surface area contributed by atoms with Crippen molar-refractivity contribution in [1.29, 1.82) is 0 Å². The van der Waals surface area contributed by atoms with Gasteiger partial charge in [0.25, 0.3) is 5.91 Å². The van der Waals surface area contributed by atoms with Crippen molar-refractivity contribution in [3.63, 3.8) is 0 Å². The lowest BCUT2D eigenvalue weighted by molar-refractivity contribution is 0.0953. The zero-order valence-corrected chi connectivity index (χ0v) is 11.5. The molecule has 1 aromatic rings. The number of piperidine rings is 1. The summed E-state index contributed by atoms with van der Waals surface area (Å²) in [5.41, 5.74) is 8.54. The first-order valence-electron chi connectivity index (χ1n) is 6.91. The van der Waals surface area contributed by atoms with Crippen molar-refractivity contribution in [2.75, 3.05) is 26.2 Å². The molecule has 0 radical (unpaired) electrons. The van der Waals surface area contributed by atoms with Crippen LogP contribution >= 0.6 is 0 Å². The average molecular weight is 278 g/mol. The molecule has 1 aliphatic rings. The molecule has 0 aromatic heterocycles. The van der Waals surface area contributed by atoms with E-state index in [-0.39, 0.29) is 11.9 Å². The first-order valence-corrected chi connectivity index (χ1v) is 6.91. The van der Waals surface area contributed by atoms with E-state index in [1.54, 1.807) is 24.3 Å². The number of nitrogens with zero attached hydrogens (tertiary/aromatic N) is 1. The summed E-state index contributed by atoms with van der Waals surface area (Å²) in [5, 5.41) is 0. The standard InChI is InChI=1S/C14H22N4O2/c15-12-2-1-7-18(10-12)8-9-20-13-5-3-11(4-6-13)14(19)17-16/h3-6,12H,1-2,7-10,15-16H2,(H,17,19). The largest absolute Gasteiger partial charge is 0.492 e. The predicted molar refractivity (Wildman–Crippen MR) is 77.2 cm³/mol. The fourth-order valence-electron chi connectivity index (χ4n) is 2.37. The van der Waals surface area contributed by atoms with E-state index in [0.717, 1.165) is 38.2 Å². The number of likely N-dealkylation sites (tertiary alicyclic amines) is 1. The van der Waals surface area contributed by atoms with Crippen molar-refractivity contribution in [3.05, 3.63) is 29.8 Å². The van der Waals surface area contributed by atoms with Crippen molar-refractivity contribution in [2.24, 2.45) is 11.6 Å². The van der Waals surface area contributed by atoms with E-state index in [1.165, 1.54) is 0 Å².